The first-order chi connectivity index (χ1) is 8.24. The van der Waals surface area contributed by atoms with Crippen LogP contribution in [-0.2, 0) is 28.5 Å². The number of rotatable bonds is 4. The molecule has 0 bridgehead atoms. The molecular weight excluding hydrogens is 228 g/mol. The summed E-state index contributed by atoms with van der Waals surface area (Å²) in [4.78, 5) is 22.6. The van der Waals surface area contributed by atoms with Gasteiger partial charge in [-0.2, -0.15) is 0 Å². The fourth-order valence-electron chi connectivity index (χ4n) is 1.38. The van der Waals surface area contributed by atoms with E-state index in [9.17, 15) is 9.59 Å². The molecule has 2 unspecified atom stereocenters. The normalized spacial score (nSPS) is 25.2. The molecule has 0 N–H and O–H groups in total. The van der Waals surface area contributed by atoms with Crippen LogP contribution in [0.5, 0.6) is 0 Å². The van der Waals surface area contributed by atoms with E-state index in [-0.39, 0.29) is 0 Å². The van der Waals surface area contributed by atoms with Crippen molar-refractivity contribution in [2.24, 2.45) is 0 Å². The lowest BCUT2D eigenvalue weighted by Gasteiger charge is -2.10. The second-order valence-electron chi connectivity index (χ2n) is 3.56. The van der Waals surface area contributed by atoms with Crippen LogP contribution in [0.3, 0.4) is 0 Å². The molecule has 0 fully saturated rings. The number of carbonyl (C=O) groups excluding carboxylic acids is 2. The van der Waals surface area contributed by atoms with Crippen LogP contribution in [0.4, 0.5) is 0 Å². The highest BCUT2D eigenvalue weighted by Gasteiger charge is 2.21. The third kappa shape index (κ3) is 3.51. The van der Waals surface area contributed by atoms with Crippen molar-refractivity contribution in [1.29, 1.82) is 0 Å². The Balaban J connectivity index is 1.68. The van der Waals surface area contributed by atoms with Gasteiger partial charge in [0.1, 0.15) is 19.6 Å². The number of carbonyl (C=O) groups is 2. The van der Waals surface area contributed by atoms with E-state index in [4.69, 9.17) is 18.9 Å². The van der Waals surface area contributed by atoms with Gasteiger partial charge in [0.05, 0.1) is 12.5 Å². The van der Waals surface area contributed by atoms with Gasteiger partial charge in [-0.15, -0.1) is 0 Å². The molecule has 92 valence electrons. The predicted octanol–water partition coefficient (Wildman–Crippen LogP) is 0.288. The number of ether oxygens (including phenoxy) is 4. The predicted molar refractivity (Wildman–Crippen MR) is 54.6 cm³/mol. The molecule has 0 saturated carbocycles. The zero-order valence-electron chi connectivity index (χ0n) is 9.03. The lowest BCUT2D eigenvalue weighted by molar-refractivity contribution is -0.158. The summed E-state index contributed by atoms with van der Waals surface area (Å²) in [6.07, 6.45) is 4.89. The Labute approximate surface area is 97.8 Å². The first-order valence-corrected chi connectivity index (χ1v) is 5.19. The first-order valence-electron chi connectivity index (χ1n) is 5.19. The molecule has 6 heteroatoms. The Bertz CT molecular complexity index is 325. The molecule has 17 heavy (non-hydrogen) atoms. The average Bonchev–Trinajstić information content (AvgIpc) is 2.90. The fourth-order valence-corrected chi connectivity index (χ4v) is 1.38. The maximum absolute atomic E-state index is 11.3. The van der Waals surface area contributed by atoms with E-state index < -0.39 is 30.6 Å². The van der Waals surface area contributed by atoms with Gasteiger partial charge in [-0.1, -0.05) is 0 Å². The average molecular weight is 240 g/mol. The zero-order valence-corrected chi connectivity index (χ0v) is 9.03. The Morgan fingerprint density at radius 2 is 1.47 bits per heavy atom. The van der Waals surface area contributed by atoms with Gasteiger partial charge in [-0.25, -0.2) is 0 Å². The molecule has 2 aliphatic heterocycles. The molecule has 2 rings (SSSR count). The van der Waals surface area contributed by atoms with E-state index in [1.54, 1.807) is 12.2 Å². The molecule has 0 aliphatic carbocycles. The Kier molecular flexibility index (Phi) is 3.64. The molecule has 0 radical (unpaired) electrons. The highest BCUT2D eigenvalue weighted by Crippen LogP contribution is 2.08. The topological polar surface area (TPSA) is 71.1 Å². The minimum Gasteiger partial charge on any atom is -0.497 e. The zero-order chi connectivity index (χ0) is 12.1. The van der Waals surface area contributed by atoms with Crippen molar-refractivity contribution < 1.29 is 28.5 Å². The van der Waals surface area contributed by atoms with Gasteiger partial charge in [0, 0.05) is 0 Å². The van der Waals surface area contributed by atoms with Crippen molar-refractivity contribution in [1.82, 2.24) is 0 Å². The lowest BCUT2D eigenvalue weighted by Crippen LogP contribution is -2.23. The van der Waals surface area contributed by atoms with Crippen LogP contribution in [0.2, 0.25) is 0 Å². The second-order valence-corrected chi connectivity index (χ2v) is 3.56. The molecule has 2 atom stereocenters. The van der Waals surface area contributed by atoms with Gasteiger partial charge in [-0.05, 0) is 12.2 Å². The summed E-state index contributed by atoms with van der Waals surface area (Å²) in [5.74, 6) is -1.25. The molecule has 0 aromatic carbocycles. The summed E-state index contributed by atoms with van der Waals surface area (Å²) in [5, 5.41) is 0. The van der Waals surface area contributed by atoms with Crippen LogP contribution < -0.4 is 0 Å². The van der Waals surface area contributed by atoms with Gasteiger partial charge in [0.2, 0.25) is 0 Å². The molecule has 0 aromatic heterocycles. The van der Waals surface area contributed by atoms with Crippen LogP contribution in [-0.4, -0.2) is 37.4 Å². The van der Waals surface area contributed by atoms with Crippen LogP contribution >= 0.6 is 0 Å². The molecular formula is C11H12O6. The van der Waals surface area contributed by atoms with Gasteiger partial charge in [0.15, 0.2) is 12.2 Å². The molecule has 0 saturated heterocycles. The van der Waals surface area contributed by atoms with Crippen molar-refractivity contribution >= 4 is 11.9 Å². The van der Waals surface area contributed by atoms with Crippen molar-refractivity contribution in [3.8, 4) is 0 Å². The SMILES string of the molecule is O=C(CC(=O)OC1C=COC1)OC1C=COC1. The van der Waals surface area contributed by atoms with E-state index in [0.29, 0.717) is 13.2 Å². The highest BCUT2D eigenvalue weighted by atomic mass is 16.6. The number of esters is 2. The fraction of sp³-hybridized carbons (Fsp3) is 0.455. The van der Waals surface area contributed by atoms with E-state index in [1.165, 1.54) is 12.5 Å². The highest BCUT2D eigenvalue weighted by molar-refractivity contribution is 5.91. The van der Waals surface area contributed by atoms with Crippen LogP contribution in [0.1, 0.15) is 6.42 Å². The molecule has 0 amide bonds. The Morgan fingerprint density at radius 3 is 1.82 bits per heavy atom. The minimum absolute atomic E-state index is 0.292. The van der Waals surface area contributed by atoms with Gasteiger partial charge in [0.25, 0.3) is 0 Å². The largest absolute Gasteiger partial charge is 0.497 e. The second kappa shape index (κ2) is 5.38. The summed E-state index contributed by atoms with van der Waals surface area (Å²) in [7, 11) is 0. The van der Waals surface area contributed by atoms with Gasteiger partial charge in [-0.3, -0.25) is 9.59 Å². The molecule has 6 nitrogen and oxygen atoms in total. The summed E-state index contributed by atoms with van der Waals surface area (Å²) >= 11 is 0. The smallest absolute Gasteiger partial charge is 0.317 e. The quantitative estimate of drug-likeness (QED) is 0.519. The van der Waals surface area contributed by atoms with Crippen molar-refractivity contribution in [3.05, 3.63) is 24.7 Å². The Morgan fingerprint density at radius 1 is 1.00 bits per heavy atom. The van der Waals surface area contributed by atoms with Crippen LogP contribution in [0, 0.1) is 0 Å². The molecule has 0 aromatic rings. The Hall–Kier alpha value is -1.98. The van der Waals surface area contributed by atoms with Crippen LogP contribution in [0.25, 0.3) is 0 Å². The van der Waals surface area contributed by atoms with Crippen molar-refractivity contribution in [3.63, 3.8) is 0 Å². The first kappa shape index (κ1) is 11.5. The van der Waals surface area contributed by atoms with Crippen LogP contribution in [0.15, 0.2) is 24.7 Å². The maximum atomic E-state index is 11.3. The van der Waals surface area contributed by atoms with Gasteiger partial charge >= 0.3 is 11.9 Å². The lowest BCUT2D eigenvalue weighted by atomic mass is 10.3. The number of hydrogen-bond donors (Lipinski definition) is 0. The number of hydrogen-bond acceptors (Lipinski definition) is 6. The van der Waals surface area contributed by atoms with E-state index >= 15 is 0 Å². The summed E-state index contributed by atoms with van der Waals surface area (Å²) in [6.45, 7) is 0.583. The minimum atomic E-state index is -0.627. The molecule has 0 spiro atoms. The van der Waals surface area contributed by atoms with E-state index in [0.717, 1.165) is 0 Å². The monoisotopic (exact) mass is 240 g/mol. The molecule has 2 heterocycles. The van der Waals surface area contributed by atoms with E-state index in [2.05, 4.69) is 0 Å². The summed E-state index contributed by atoms with van der Waals surface area (Å²) in [6, 6.07) is 0. The summed E-state index contributed by atoms with van der Waals surface area (Å²) in [5.41, 5.74) is 0. The van der Waals surface area contributed by atoms with E-state index in [1.807, 2.05) is 0 Å². The standard InChI is InChI=1S/C11H12O6/c12-10(16-8-1-3-14-6-8)5-11(13)17-9-2-4-15-7-9/h1-4,8-9H,5-7H2. The van der Waals surface area contributed by atoms with Crippen molar-refractivity contribution in [2.45, 2.75) is 18.6 Å². The van der Waals surface area contributed by atoms with Gasteiger partial charge < -0.3 is 18.9 Å². The third-order valence-corrected chi connectivity index (χ3v) is 2.15. The van der Waals surface area contributed by atoms with Crippen molar-refractivity contribution in [2.75, 3.05) is 13.2 Å². The maximum Gasteiger partial charge on any atom is 0.317 e. The summed E-state index contributed by atoms with van der Waals surface area (Å²) < 4.78 is 19.6. The molecule has 2 aliphatic rings. The third-order valence-electron chi connectivity index (χ3n) is 2.15.